The molecule has 1 aliphatic heterocycles. The van der Waals surface area contributed by atoms with Crippen molar-refractivity contribution >= 4 is 52.1 Å². The van der Waals surface area contributed by atoms with Gasteiger partial charge in [-0.3, -0.25) is 4.79 Å². The van der Waals surface area contributed by atoms with Crippen LogP contribution < -0.4 is 11.5 Å². The quantitative estimate of drug-likeness (QED) is 0.289. The number of nitrogen functional groups attached to an aromatic ring is 2. The van der Waals surface area contributed by atoms with Crippen molar-refractivity contribution in [1.82, 2.24) is 14.8 Å². The molecule has 1 saturated heterocycles. The number of fused-ring (bicyclic) bond motifs is 1. The predicted molar refractivity (Wildman–Crippen MR) is 133 cm³/mol. The second-order valence-corrected chi connectivity index (χ2v) is 8.27. The Morgan fingerprint density at radius 3 is 2.50 bits per heavy atom. The lowest BCUT2D eigenvalue weighted by Gasteiger charge is -2.34. The zero-order valence-electron chi connectivity index (χ0n) is 18.5. The summed E-state index contributed by atoms with van der Waals surface area (Å²) >= 11 is 6.54. The molecule has 34 heavy (non-hydrogen) atoms. The van der Waals surface area contributed by atoms with Gasteiger partial charge in [0.15, 0.2) is 0 Å². The molecule has 0 saturated carbocycles. The minimum atomic E-state index is -0.427. The Bertz CT molecular complexity index is 1260. The first-order chi connectivity index (χ1) is 16.4. The molecular formula is C24H25ClN6O3. The van der Waals surface area contributed by atoms with Crippen molar-refractivity contribution < 1.29 is 14.3 Å². The number of pyridine rings is 1. The molecular weight excluding hydrogens is 456 g/mol. The van der Waals surface area contributed by atoms with Crippen molar-refractivity contribution in [3.63, 3.8) is 0 Å². The third-order valence-electron chi connectivity index (χ3n) is 5.73. The number of para-hydroxylation sites is 1. The molecule has 1 aromatic heterocycles. The first-order valence-electron chi connectivity index (χ1n) is 10.8. The van der Waals surface area contributed by atoms with Crippen molar-refractivity contribution in [2.45, 2.75) is 6.42 Å². The van der Waals surface area contributed by atoms with Gasteiger partial charge in [0.1, 0.15) is 0 Å². The lowest BCUT2D eigenvalue weighted by atomic mass is 10.0. The number of benzene rings is 2. The number of nitrogens with one attached hydrogen (secondary N) is 1. The highest BCUT2D eigenvalue weighted by molar-refractivity contribution is 6.38. The second kappa shape index (κ2) is 9.96. The highest BCUT2D eigenvalue weighted by Crippen LogP contribution is 2.37. The van der Waals surface area contributed by atoms with Crippen LogP contribution in [0.4, 0.5) is 16.2 Å². The van der Waals surface area contributed by atoms with Crippen LogP contribution in [0.2, 0.25) is 5.02 Å². The third kappa shape index (κ3) is 4.60. The third-order valence-corrected chi connectivity index (χ3v) is 6.14. The summed E-state index contributed by atoms with van der Waals surface area (Å²) in [4.78, 5) is 33.2. The molecule has 0 spiro atoms. The normalized spacial score (nSPS) is 13.7. The van der Waals surface area contributed by atoms with Crippen LogP contribution in [0.15, 0.2) is 42.5 Å². The van der Waals surface area contributed by atoms with Gasteiger partial charge in [-0.2, -0.15) is 0 Å². The van der Waals surface area contributed by atoms with E-state index in [2.05, 4.69) is 4.98 Å². The van der Waals surface area contributed by atoms with E-state index >= 15 is 0 Å². The second-order valence-electron chi connectivity index (χ2n) is 7.89. The number of carbonyl (C=O) groups is 2. The maximum absolute atomic E-state index is 13.2. The van der Waals surface area contributed by atoms with E-state index in [0.717, 1.165) is 0 Å². The largest absolute Gasteiger partial charge is 0.449 e. The lowest BCUT2D eigenvalue weighted by Crippen LogP contribution is -2.50. The van der Waals surface area contributed by atoms with Crippen LogP contribution in [-0.2, 0) is 4.74 Å². The summed E-state index contributed by atoms with van der Waals surface area (Å²) in [5, 5.41) is 7.99. The fraction of sp³-hybridized carbons (Fsp3) is 0.250. The van der Waals surface area contributed by atoms with Gasteiger partial charge >= 0.3 is 6.09 Å². The van der Waals surface area contributed by atoms with Crippen molar-refractivity contribution in [3.05, 3.63) is 53.1 Å². The summed E-state index contributed by atoms with van der Waals surface area (Å²) < 4.78 is 5.12. The van der Waals surface area contributed by atoms with Crippen LogP contribution in [0, 0.1) is 5.41 Å². The summed E-state index contributed by atoms with van der Waals surface area (Å²) in [6.45, 7) is 1.70. The van der Waals surface area contributed by atoms with E-state index in [-0.39, 0.29) is 12.5 Å². The summed E-state index contributed by atoms with van der Waals surface area (Å²) in [5.41, 5.74) is 15.4. The van der Waals surface area contributed by atoms with Gasteiger partial charge in [-0.1, -0.05) is 35.9 Å². The van der Waals surface area contributed by atoms with E-state index in [9.17, 15) is 9.59 Å². The average molecular weight is 481 g/mol. The number of amides is 2. The monoisotopic (exact) mass is 480 g/mol. The molecule has 1 aliphatic rings. The number of rotatable bonds is 5. The molecule has 9 nitrogen and oxygen atoms in total. The predicted octanol–water partition coefficient (Wildman–Crippen LogP) is 3.65. The van der Waals surface area contributed by atoms with Crippen LogP contribution in [-0.4, -0.2) is 65.8 Å². The maximum atomic E-state index is 13.2. The van der Waals surface area contributed by atoms with Gasteiger partial charge < -0.3 is 31.4 Å². The van der Waals surface area contributed by atoms with Crippen molar-refractivity contribution in [3.8, 4) is 11.3 Å². The zero-order chi connectivity index (χ0) is 24.2. The Labute approximate surface area is 201 Å². The van der Waals surface area contributed by atoms with Crippen molar-refractivity contribution in [2.24, 2.45) is 0 Å². The van der Waals surface area contributed by atoms with E-state index in [4.69, 9.17) is 33.2 Å². The van der Waals surface area contributed by atoms with Crippen molar-refractivity contribution in [1.29, 1.82) is 5.41 Å². The zero-order valence-corrected chi connectivity index (χ0v) is 19.2. The van der Waals surface area contributed by atoms with Gasteiger partial charge in [-0.15, -0.1) is 0 Å². The molecule has 2 heterocycles. The molecule has 3 aromatic rings. The van der Waals surface area contributed by atoms with Gasteiger partial charge in [0.2, 0.25) is 0 Å². The van der Waals surface area contributed by atoms with E-state index in [1.54, 1.807) is 34.1 Å². The summed E-state index contributed by atoms with van der Waals surface area (Å²) in [5.74, 6) is -0.158. The molecule has 5 N–H and O–H groups in total. The molecule has 0 atom stereocenters. The standard InChI is InChI=1S/C24H25ClN6O3/c25-20-17-7-6-15(14-19(17)29-22(21(20)28)16-4-1-2-5-18(16)27)23(32)30-9-11-31(12-10-30)24(33)34-13-3-8-26/h1-2,4-8,14,26H,3,9-13,27-28H2. The molecule has 0 aliphatic carbocycles. The Morgan fingerprint density at radius 2 is 1.79 bits per heavy atom. The fourth-order valence-electron chi connectivity index (χ4n) is 3.86. The van der Waals surface area contributed by atoms with Crippen LogP contribution in [0.5, 0.6) is 0 Å². The van der Waals surface area contributed by atoms with Gasteiger partial charge in [0.05, 0.1) is 28.5 Å². The van der Waals surface area contributed by atoms with Crippen LogP contribution in [0.3, 0.4) is 0 Å². The highest BCUT2D eigenvalue weighted by atomic mass is 35.5. The Hall–Kier alpha value is -3.85. The molecule has 4 rings (SSSR count). The molecule has 1 fully saturated rings. The molecule has 2 aromatic carbocycles. The van der Waals surface area contributed by atoms with Crippen molar-refractivity contribution in [2.75, 3.05) is 44.3 Å². The minimum Gasteiger partial charge on any atom is -0.449 e. The number of carbonyl (C=O) groups excluding carboxylic acids is 2. The van der Waals surface area contributed by atoms with Gasteiger partial charge in [0.25, 0.3) is 5.91 Å². The number of piperazine rings is 1. The first kappa shape index (κ1) is 23.3. The number of nitrogens with zero attached hydrogens (tertiary/aromatic N) is 3. The Morgan fingerprint density at radius 1 is 1.09 bits per heavy atom. The summed E-state index contributed by atoms with van der Waals surface area (Å²) in [6, 6.07) is 12.4. The number of halogens is 1. The summed E-state index contributed by atoms with van der Waals surface area (Å²) in [7, 11) is 0. The fourth-order valence-corrected chi connectivity index (χ4v) is 4.11. The average Bonchev–Trinajstić information content (AvgIpc) is 2.86. The molecule has 10 heteroatoms. The van der Waals surface area contributed by atoms with Crippen LogP contribution in [0.1, 0.15) is 16.8 Å². The molecule has 0 unspecified atom stereocenters. The number of aromatic nitrogens is 1. The molecule has 2 amide bonds. The smallest absolute Gasteiger partial charge is 0.409 e. The molecule has 0 radical (unpaired) electrons. The topological polar surface area (TPSA) is 139 Å². The number of nitrogens with two attached hydrogens (primary N) is 2. The SMILES string of the molecule is N=CCCOC(=O)N1CCN(C(=O)c2ccc3c(Cl)c(N)c(-c4ccccc4N)nc3c2)CC1. The van der Waals surface area contributed by atoms with Gasteiger partial charge in [0, 0.05) is 54.8 Å². The van der Waals surface area contributed by atoms with E-state index in [1.165, 1.54) is 6.21 Å². The van der Waals surface area contributed by atoms with Gasteiger partial charge in [-0.25, -0.2) is 9.78 Å². The number of hydrogen-bond donors (Lipinski definition) is 3. The van der Waals surface area contributed by atoms with Crippen LogP contribution >= 0.6 is 11.6 Å². The van der Waals surface area contributed by atoms with E-state index in [1.807, 2.05) is 18.2 Å². The number of ether oxygens (including phenoxy) is 1. The lowest BCUT2D eigenvalue weighted by molar-refractivity contribution is 0.0566. The Balaban J connectivity index is 1.54. The van der Waals surface area contributed by atoms with E-state index in [0.29, 0.717) is 76.7 Å². The first-order valence-corrected chi connectivity index (χ1v) is 11.2. The molecule has 0 bridgehead atoms. The minimum absolute atomic E-state index is 0.158. The maximum Gasteiger partial charge on any atom is 0.409 e. The number of anilines is 2. The highest BCUT2D eigenvalue weighted by Gasteiger charge is 2.26. The van der Waals surface area contributed by atoms with E-state index < -0.39 is 6.09 Å². The molecule has 176 valence electrons. The summed E-state index contributed by atoms with van der Waals surface area (Å²) in [6.07, 6.45) is 1.15. The van der Waals surface area contributed by atoms with Crippen LogP contribution in [0.25, 0.3) is 22.2 Å². The van der Waals surface area contributed by atoms with Gasteiger partial charge in [-0.05, 0) is 24.4 Å². The Kier molecular flexibility index (Phi) is 6.83. The number of hydrogen-bond acceptors (Lipinski definition) is 7.